The summed E-state index contributed by atoms with van der Waals surface area (Å²) in [6, 6.07) is 0. The third kappa shape index (κ3) is 4.71. The summed E-state index contributed by atoms with van der Waals surface area (Å²) in [7, 11) is 0. The predicted octanol–water partition coefficient (Wildman–Crippen LogP) is 3.37. The molecule has 54 valence electrons. The summed E-state index contributed by atoms with van der Waals surface area (Å²) < 4.78 is 0. The van der Waals surface area contributed by atoms with Crippen molar-refractivity contribution in [2.75, 3.05) is 5.33 Å². The number of hydrogen-bond donors (Lipinski definition) is 0. The van der Waals surface area contributed by atoms with Crippen molar-refractivity contribution < 1.29 is 0 Å². The maximum atomic E-state index is 3.38. The van der Waals surface area contributed by atoms with Crippen molar-refractivity contribution >= 4 is 15.9 Å². The molecule has 0 rings (SSSR count). The van der Waals surface area contributed by atoms with Gasteiger partial charge in [0.15, 0.2) is 0 Å². The molecule has 0 N–H and O–H groups in total. The van der Waals surface area contributed by atoms with E-state index in [1.807, 2.05) is 0 Å². The summed E-state index contributed by atoms with van der Waals surface area (Å²) in [5.74, 6) is 0.712. The van der Waals surface area contributed by atoms with E-state index in [0.717, 1.165) is 11.8 Å². The van der Waals surface area contributed by atoms with E-state index in [2.05, 4.69) is 42.8 Å². The van der Waals surface area contributed by atoms with E-state index in [4.69, 9.17) is 0 Å². The van der Waals surface area contributed by atoms with Crippen molar-refractivity contribution in [2.45, 2.75) is 27.2 Å². The highest BCUT2D eigenvalue weighted by molar-refractivity contribution is 9.09. The Balaban J connectivity index is 3.55. The van der Waals surface area contributed by atoms with Crippen LogP contribution in [0.4, 0.5) is 0 Å². The average Bonchev–Trinajstić information content (AvgIpc) is 1.82. The zero-order valence-electron chi connectivity index (χ0n) is 6.45. The molecule has 0 aliphatic rings. The molecule has 0 nitrogen and oxygen atoms in total. The van der Waals surface area contributed by atoms with E-state index in [0.29, 0.717) is 5.92 Å². The summed E-state index contributed by atoms with van der Waals surface area (Å²) in [5, 5.41) is 1.08. The minimum atomic E-state index is 0.712. The van der Waals surface area contributed by atoms with Gasteiger partial charge in [-0.1, -0.05) is 41.4 Å². The van der Waals surface area contributed by atoms with Crippen LogP contribution in [0.1, 0.15) is 27.2 Å². The lowest BCUT2D eigenvalue weighted by molar-refractivity contribution is 0.763. The molecule has 0 aromatic carbocycles. The first-order valence-electron chi connectivity index (χ1n) is 3.41. The van der Waals surface area contributed by atoms with Crippen LogP contribution < -0.4 is 0 Å². The first kappa shape index (κ1) is 9.22. The highest BCUT2D eigenvalue weighted by Crippen LogP contribution is 2.08. The van der Waals surface area contributed by atoms with E-state index in [1.165, 1.54) is 5.57 Å². The molecule has 0 heterocycles. The van der Waals surface area contributed by atoms with E-state index in [9.17, 15) is 0 Å². The van der Waals surface area contributed by atoms with Crippen molar-refractivity contribution in [1.82, 2.24) is 0 Å². The molecule has 0 fully saturated rings. The molecule has 0 aromatic rings. The van der Waals surface area contributed by atoms with Crippen molar-refractivity contribution in [3.63, 3.8) is 0 Å². The van der Waals surface area contributed by atoms with Gasteiger partial charge in [-0.15, -0.1) is 0 Å². The molecule has 0 saturated heterocycles. The number of hydrogen-bond acceptors (Lipinski definition) is 0. The molecule has 0 aliphatic carbocycles. The maximum absolute atomic E-state index is 3.38. The van der Waals surface area contributed by atoms with Gasteiger partial charge in [-0.05, 0) is 19.3 Å². The molecular weight excluding hydrogens is 176 g/mol. The summed E-state index contributed by atoms with van der Waals surface area (Å²) in [6.07, 6.45) is 3.45. The lowest BCUT2D eigenvalue weighted by Crippen LogP contribution is -1.87. The second-order valence-electron chi connectivity index (χ2n) is 2.58. The fourth-order valence-electron chi connectivity index (χ4n) is 0.518. The van der Waals surface area contributed by atoms with Crippen LogP contribution in [-0.4, -0.2) is 5.33 Å². The quantitative estimate of drug-likeness (QED) is 0.473. The molecule has 9 heavy (non-hydrogen) atoms. The molecule has 1 heteroatoms. The standard InChI is InChI=1S/C8H15Br/c1-7(2)8(3)5-4-6-9/h5,7H,4,6H2,1-3H3/b8-5+. The molecule has 0 amide bonds. The van der Waals surface area contributed by atoms with Crippen LogP contribution in [0, 0.1) is 5.92 Å². The summed E-state index contributed by atoms with van der Waals surface area (Å²) in [4.78, 5) is 0. The van der Waals surface area contributed by atoms with E-state index < -0.39 is 0 Å². The van der Waals surface area contributed by atoms with Crippen LogP contribution in [0.3, 0.4) is 0 Å². The average molecular weight is 191 g/mol. The van der Waals surface area contributed by atoms with Gasteiger partial charge in [0, 0.05) is 5.33 Å². The first-order chi connectivity index (χ1) is 4.18. The summed E-state index contributed by atoms with van der Waals surface area (Å²) in [6.45, 7) is 6.63. The third-order valence-corrected chi connectivity index (χ3v) is 1.94. The second kappa shape index (κ2) is 5.04. The van der Waals surface area contributed by atoms with Crippen LogP contribution in [0.2, 0.25) is 0 Å². The predicted molar refractivity (Wildman–Crippen MR) is 47.0 cm³/mol. The lowest BCUT2D eigenvalue weighted by atomic mass is 10.0. The van der Waals surface area contributed by atoms with Gasteiger partial charge < -0.3 is 0 Å². The molecule has 0 radical (unpaired) electrons. The van der Waals surface area contributed by atoms with Crippen molar-refractivity contribution in [3.8, 4) is 0 Å². The smallest absolute Gasteiger partial charge is 0.00660 e. The zero-order chi connectivity index (χ0) is 7.28. The molecule has 0 spiro atoms. The Hall–Kier alpha value is 0.220. The summed E-state index contributed by atoms with van der Waals surface area (Å²) in [5.41, 5.74) is 1.49. The van der Waals surface area contributed by atoms with Gasteiger partial charge in [0.25, 0.3) is 0 Å². The van der Waals surface area contributed by atoms with Crippen LogP contribution in [0.25, 0.3) is 0 Å². The van der Waals surface area contributed by atoms with Crippen LogP contribution in [0.5, 0.6) is 0 Å². The Morgan fingerprint density at radius 3 is 2.44 bits per heavy atom. The highest BCUT2D eigenvalue weighted by Gasteiger charge is 1.92. The van der Waals surface area contributed by atoms with Gasteiger partial charge in [0.2, 0.25) is 0 Å². The molecule has 0 unspecified atom stereocenters. The van der Waals surface area contributed by atoms with E-state index >= 15 is 0 Å². The minimum Gasteiger partial charge on any atom is -0.0925 e. The van der Waals surface area contributed by atoms with Gasteiger partial charge in [-0.2, -0.15) is 0 Å². The van der Waals surface area contributed by atoms with Gasteiger partial charge >= 0.3 is 0 Å². The van der Waals surface area contributed by atoms with Crippen LogP contribution in [0.15, 0.2) is 11.6 Å². The minimum absolute atomic E-state index is 0.712. The fraction of sp³-hybridized carbons (Fsp3) is 0.750. The van der Waals surface area contributed by atoms with E-state index in [1.54, 1.807) is 0 Å². The first-order valence-corrected chi connectivity index (χ1v) is 4.53. The number of halogens is 1. The molecule has 0 bridgehead atoms. The normalized spacial score (nSPS) is 12.8. The largest absolute Gasteiger partial charge is 0.0925 e. The number of allylic oxidation sites excluding steroid dienone is 2. The van der Waals surface area contributed by atoms with Gasteiger partial charge in [0.1, 0.15) is 0 Å². The van der Waals surface area contributed by atoms with Crippen molar-refractivity contribution in [3.05, 3.63) is 11.6 Å². The maximum Gasteiger partial charge on any atom is 0.00660 e. The van der Waals surface area contributed by atoms with Gasteiger partial charge in [0.05, 0.1) is 0 Å². The van der Waals surface area contributed by atoms with Crippen molar-refractivity contribution in [2.24, 2.45) is 5.92 Å². The third-order valence-electron chi connectivity index (χ3n) is 1.49. The molecule has 0 atom stereocenters. The Labute approximate surface area is 66.5 Å². The van der Waals surface area contributed by atoms with Gasteiger partial charge in [-0.25, -0.2) is 0 Å². The zero-order valence-corrected chi connectivity index (χ0v) is 8.03. The van der Waals surface area contributed by atoms with Crippen molar-refractivity contribution in [1.29, 1.82) is 0 Å². The highest BCUT2D eigenvalue weighted by atomic mass is 79.9. The van der Waals surface area contributed by atoms with Gasteiger partial charge in [-0.3, -0.25) is 0 Å². The second-order valence-corrected chi connectivity index (χ2v) is 3.37. The Kier molecular flexibility index (Phi) is 5.16. The Morgan fingerprint density at radius 2 is 2.11 bits per heavy atom. The molecule has 0 aromatic heterocycles. The summed E-state index contributed by atoms with van der Waals surface area (Å²) >= 11 is 3.38. The van der Waals surface area contributed by atoms with Crippen LogP contribution in [-0.2, 0) is 0 Å². The Morgan fingerprint density at radius 1 is 1.56 bits per heavy atom. The molecular formula is C8H15Br. The Bertz CT molecular complexity index is 92.7. The molecule has 0 aliphatic heterocycles. The molecule has 0 saturated carbocycles. The lowest BCUT2D eigenvalue weighted by Gasteiger charge is -2.02. The van der Waals surface area contributed by atoms with Crippen LogP contribution >= 0.6 is 15.9 Å². The monoisotopic (exact) mass is 190 g/mol. The SMILES string of the molecule is C/C(=C\CCBr)C(C)C. The fourth-order valence-corrected chi connectivity index (χ4v) is 0.747. The topological polar surface area (TPSA) is 0 Å². The van der Waals surface area contributed by atoms with E-state index in [-0.39, 0.29) is 0 Å². The number of alkyl halides is 1. The number of rotatable bonds is 3.